The van der Waals surface area contributed by atoms with Crippen molar-refractivity contribution in [3.05, 3.63) is 64.2 Å². The number of benzene rings is 2. The Morgan fingerprint density at radius 1 is 0.900 bits per heavy atom. The molecule has 1 aliphatic carbocycles. The highest BCUT2D eigenvalue weighted by Crippen LogP contribution is 2.48. The van der Waals surface area contributed by atoms with Crippen LogP contribution in [0.3, 0.4) is 0 Å². The van der Waals surface area contributed by atoms with Crippen molar-refractivity contribution in [2.75, 3.05) is 11.7 Å². The van der Waals surface area contributed by atoms with Crippen LogP contribution in [0, 0.1) is 5.92 Å². The van der Waals surface area contributed by atoms with Gasteiger partial charge in [0.05, 0.1) is 35.0 Å². The fraction of sp³-hybridized carbons (Fsp3) is 0.500. The van der Waals surface area contributed by atoms with Gasteiger partial charge in [0, 0.05) is 12.6 Å². The van der Waals surface area contributed by atoms with Gasteiger partial charge < -0.3 is 14.9 Å². The summed E-state index contributed by atoms with van der Waals surface area (Å²) < 4.78 is 125. The third-order valence-electron chi connectivity index (χ3n) is 6.71. The summed E-state index contributed by atoms with van der Waals surface area (Å²) in [5.41, 5.74) is -4.22. The van der Waals surface area contributed by atoms with Crippen LogP contribution in [0.25, 0.3) is 0 Å². The normalized spacial score (nSPS) is 19.8. The molecule has 1 saturated carbocycles. The summed E-state index contributed by atoms with van der Waals surface area (Å²) in [5.74, 6) is 0.00380. The minimum absolute atomic E-state index is 0.00380. The molecule has 0 unspecified atom stereocenters. The third-order valence-corrected chi connectivity index (χ3v) is 6.71. The minimum atomic E-state index is -5.05. The third kappa shape index (κ3) is 6.94. The molecular formula is C26H25F9N2O3. The topological polar surface area (TPSA) is 50.8 Å². The molecular weight excluding hydrogens is 559 g/mol. The second-order valence-corrected chi connectivity index (χ2v) is 9.77. The van der Waals surface area contributed by atoms with Crippen LogP contribution in [0.1, 0.15) is 66.5 Å². The van der Waals surface area contributed by atoms with Crippen LogP contribution < -0.4 is 10.4 Å². The molecule has 0 radical (unpaired) electrons. The Morgan fingerprint density at radius 2 is 1.50 bits per heavy atom. The second kappa shape index (κ2) is 11.0. The second-order valence-electron chi connectivity index (χ2n) is 9.77. The molecule has 220 valence electrons. The van der Waals surface area contributed by atoms with Gasteiger partial charge in [-0.25, -0.2) is 4.79 Å². The van der Waals surface area contributed by atoms with Crippen LogP contribution >= 0.6 is 0 Å². The van der Waals surface area contributed by atoms with Gasteiger partial charge in [0.1, 0.15) is 0 Å². The van der Waals surface area contributed by atoms with Crippen LogP contribution in [0.5, 0.6) is 0 Å². The number of nitrogens with zero attached hydrogens (tertiary/aromatic N) is 1. The van der Waals surface area contributed by atoms with Crippen LogP contribution in [0.15, 0.2) is 36.4 Å². The maximum atomic E-state index is 13.6. The highest BCUT2D eigenvalue weighted by Gasteiger charge is 2.45. The number of fused-ring (bicyclic) bond motifs is 1. The van der Waals surface area contributed by atoms with Gasteiger partial charge in [-0.2, -0.15) is 44.6 Å². The van der Waals surface area contributed by atoms with E-state index in [-0.39, 0.29) is 41.8 Å². The van der Waals surface area contributed by atoms with E-state index in [1.165, 1.54) is 5.06 Å². The van der Waals surface area contributed by atoms with Gasteiger partial charge in [0.2, 0.25) is 0 Å². The standard InChI is InChI=1S/C26H25F9N2O3/c1-2-7-39-23(38)40-37-21-6-5-16(24(27,28)29)11-19(21)20(12-22(37)15-3-4-15)36-13-14-8-17(25(30,31)32)10-18(9-14)26(33,34)35/h5-6,8-11,15,20,22,36H,2-4,7,12-13H2,1H3/t20-,22-/m0/s1. The first-order valence-corrected chi connectivity index (χ1v) is 12.4. The molecule has 0 aromatic heterocycles. The summed E-state index contributed by atoms with van der Waals surface area (Å²) in [6.45, 7) is 1.32. The Morgan fingerprint density at radius 3 is 2.02 bits per heavy atom. The minimum Gasteiger partial charge on any atom is -0.433 e. The fourth-order valence-corrected chi connectivity index (χ4v) is 4.68. The SMILES string of the molecule is CCCOC(=O)ON1c2ccc(C(F)(F)F)cc2[C@@H](NCc2cc(C(F)(F)F)cc(C(F)(F)F)c2)C[C@H]1C1CC1. The van der Waals surface area contributed by atoms with Gasteiger partial charge in [-0.15, -0.1) is 0 Å². The average molecular weight is 584 g/mol. The predicted molar refractivity (Wildman–Crippen MR) is 124 cm³/mol. The van der Waals surface area contributed by atoms with Gasteiger partial charge >= 0.3 is 24.7 Å². The molecule has 1 fully saturated rings. The van der Waals surface area contributed by atoms with Gasteiger partial charge in [-0.1, -0.05) is 6.92 Å². The van der Waals surface area contributed by atoms with Crippen molar-refractivity contribution in [2.45, 2.75) is 69.8 Å². The summed E-state index contributed by atoms with van der Waals surface area (Å²) in [4.78, 5) is 17.6. The van der Waals surface area contributed by atoms with Gasteiger partial charge in [-0.05, 0) is 79.1 Å². The van der Waals surface area contributed by atoms with Crippen molar-refractivity contribution < 1.29 is 53.9 Å². The van der Waals surface area contributed by atoms with Crippen LogP contribution in [-0.4, -0.2) is 18.8 Å². The summed E-state index contributed by atoms with van der Waals surface area (Å²) >= 11 is 0. The van der Waals surface area contributed by atoms with Gasteiger partial charge in [-0.3, -0.25) is 0 Å². The Kier molecular flexibility index (Phi) is 8.21. The maximum absolute atomic E-state index is 13.6. The number of nitrogens with one attached hydrogen (secondary N) is 1. The summed E-state index contributed by atoms with van der Waals surface area (Å²) in [5, 5.41) is 4.05. The zero-order valence-electron chi connectivity index (χ0n) is 21.0. The van der Waals surface area contributed by atoms with Crippen LogP contribution in [0.4, 0.5) is 50.0 Å². The first-order chi connectivity index (χ1) is 18.6. The quantitative estimate of drug-likeness (QED) is 0.264. The van der Waals surface area contributed by atoms with E-state index in [4.69, 9.17) is 9.57 Å². The van der Waals surface area contributed by atoms with E-state index in [2.05, 4.69) is 5.32 Å². The van der Waals surface area contributed by atoms with Crippen molar-refractivity contribution in [1.82, 2.24) is 5.32 Å². The molecule has 0 spiro atoms. The molecule has 40 heavy (non-hydrogen) atoms. The van der Waals surface area contributed by atoms with Crippen LogP contribution in [-0.2, 0) is 34.6 Å². The highest BCUT2D eigenvalue weighted by atomic mass is 19.4. The number of carbonyl (C=O) groups is 1. The highest BCUT2D eigenvalue weighted by molar-refractivity contribution is 5.65. The molecule has 0 saturated heterocycles. The molecule has 4 rings (SSSR count). The lowest BCUT2D eigenvalue weighted by atomic mass is 9.88. The number of ether oxygens (including phenoxy) is 1. The lowest BCUT2D eigenvalue weighted by Gasteiger charge is -2.41. The Hall–Kier alpha value is -3.16. The van der Waals surface area contributed by atoms with Crippen molar-refractivity contribution in [1.29, 1.82) is 0 Å². The monoisotopic (exact) mass is 584 g/mol. The summed E-state index contributed by atoms with van der Waals surface area (Å²) in [6.07, 6.45) is -13.8. The first-order valence-electron chi connectivity index (χ1n) is 12.4. The molecule has 1 N–H and O–H groups in total. The number of anilines is 1. The molecule has 2 aliphatic rings. The Bertz CT molecular complexity index is 1190. The lowest BCUT2D eigenvalue weighted by molar-refractivity contribution is -0.143. The number of hydrogen-bond donors (Lipinski definition) is 1. The van der Waals surface area contributed by atoms with E-state index in [0.29, 0.717) is 18.6 Å². The molecule has 2 aromatic rings. The van der Waals surface area contributed by atoms with Crippen molar-refractivity contribution >= 4 is 11.8 Å². The number of hydrogen-bond acceptors (Lipinski definition) is 5. The molecule has 14 heteroatoms. The number of hydroxylamine groups is 1. The van der Waals surface area contributed by atoms with Gasteiger partial charge in [0.15, 0.2) is 0 Å². The van der Waals surface area contributed by atoms with E-state index >= 15 is 0 Å². The zero-order chi connectivity index (χ0) is 29.5. The molecule has 1 aliphatic heterocycles. The van der Waals surface area contributed by atoms with E-state index in [1.54, 1.807) is 6.92 Å². The molecule has 2 atom stereocenters. The predicted octanol–water partition coefficient (Wildman–Crippen LogP) is 8.04. The number of halogens is 9. The van der Waals surface area contributed by atoms with Crippen LogP contribution in [0.2, 0.25) is 0 Å². The zero-order valence-corrected chi connectivity index (χ0v) is 21.0. The van der Waals surface area contributed by atoms with Crippen molar-refractivity contribution in [3.8, 4) is 0 Å². The van der Waals surface area contributed by atoms with E-state index in [1.807, 2.05) is 0 Å². The van der Waals surface area contributed by atoms with E-state index < -0.39 is 60.0 Å². The fourth-order valence-electron chi connectivity index (χ4n) is 4.68. The van der Waals surface area contributed by atoms with Gasteiger partial charge in [0.25, 0.3) is 0 Å². The first kappa shape index (κ1) is 29.8. The summed E-state index contributed by atoms with van der Waals surface area (Å²) in [7, 11) is 0. The average Bonchev–Trinajstić information content (AvgIpc) is 3.70. The molecule has 0 bridgehead atoms. The van der Waals surface area contributed by atoms with E-state index in [9.17, 15) is 44.3 Å². The lowest BCUT2D eigenvalue weighted by Crippen LogP contribution is -2.46. The molecule has 1 heterocycles. The smallest absolute Gasteiger partial charge is 0.433 e. The number of alkyl halides is 9. The molecule has 2 aromatic carbocycles. The van der Waals surface area contributed by atoms with Crippen molar-refractivity contribution in [2.24, 2.45) is 5.92 Å². The Labute approximate surface area is 223 Å². The Balaban J connectivity index is 1.69. The molecule has 5 nitrogen and oxygen atoms in total. The number of rotatable bonds is 7. The summed E-state index contributed by atoms with van der Waals surface area (Å²) in [6, 6.07) is 2.48. The molecule has 0 amide bonds. The van der Waals surface area contributed by atoms with E-state index in [0.717, 1.165) is 31.0 Å². The number of carbonyl (C=O) groups excluding carboxylic acids is 1. The maximum Gasteiger partial charge on any atom is 0.533 e. The largest absolute Gasteiger partial charge is 0.533 e. The van der Waals surface area contributed by atoms with Crippen molar-refractivity contribution in [3.63, 3.8) is 0 Å².